The van der Waals surface area contributed by atoms with Crippen LogP contribution in [0.2, 0.25) is 0 Å². The van der Waals surface area contributed by atoms with Crippen molar-refractivity contribution in [3.63, 3.8) is 0 Å². The first-order valence-electron chi connectivity index (χ1n) is 6.53. The van der Waals surface area contributed by atoms with Gasteiger partial charge in [0.25, 0.3) is 0 Å². The summed E-state index contributed by atoms with van der Waals surface area (Å²) in [5.41, 5.74) is 0.782. The highest BCUT2D eigenvalue weighted by Crippen LogP contribution is 2.26. The molecule has 1 atom stereocenters. The second kappa shape index (κ2) is 7.75. The lowest BCUT2D eigenvalue weighted by Gasteiger charge is -2.17. The molecule has 1 rings (SSSR count). The van der Waals surface area contributed by atoms with Crippen LogP contribution in [0.15, 0.2) is 18.2 Å². The van der Waals surface area contributed by atoms with Gasteiger partial charge < -0.3 is 19.3 Å². The lowest BCUT2D eigenvalue weighted by molar-refractivity contribution is -0.150. The lowest BCUT2D eigenvalue weighted by Crippen LogP contribution is -2.28. The Morgan fingerprint density at radius 3 is 2.45 bits per heavy atom. The molecule has 1 N–H and O–H groups in total. The predicted octanol–water partition coefficient (Wildman–Crippen LogP) is 2.37. The van der Waals surface area contributed by atoms with Crippen molar-refractivity contribution in [3.8, 4) is 11.5 Å². The van der Waals surface area contributed by atoms with E-state index in [1.54, 1.807) is 32.4 Å². The Kier molecular flexibility index (Phi) is 6.31. The van der Waals surface area contributed by atoms with Gasteiger partial charge in [-0.25, -0.2) is 4.79 Å². The van der Waals surface area contributed by atoms with Crippen molar-refractivity contribution in [1.29, 1.82) is 0 Å². The third-order valence-corrected chi connectivity index (χ3v) is 2.81. The third-order valence-electron chi connectivity index (χ3n) is 2.81. The van der Waals surface area contributed by atoms with Crippen LogP contribution in [0.5, 0.6) is 11.5 Å². The number of hydrogen-bond donors (Lipinski definition) is 1. The number of benzene rings is 1. The smallest absolute Gasteiger partial charge is 0.333 e. The van der Waals surface area contributed by atoms with E-state index in [9.17, 15) is 9.90 Å². The number of carboxylic acid groups (broad SMARTS) is 1. The van der Waals surface area contributed by atoms with Gasteiger partial charge >= 0.3 is 5.97 Å². The second-order valence-electron chi connectivity index (χ2n) is 4.94. The van der Waals surface area contributed by atoms with E-state index >= 15 is 0 Å². The summed E-state index contributed by atoms with van der Waals surface area (Å²) < 4.78 is 15.8. The molecule has 0 heterocycles. The SMILES string of the molecule is COc1ccc(CC(OCC(C)C)C(=O)O)c(OC)c1. The number of methoxy groups -OCH3 is 2. The summed E-state index contributed by atoms with van der Waals surface area (Å²) in [6.07, 6.45) is -0.616. The molecule has 0 aliphatic heterocycles. The van der Waals surface area contributed by atoms with Crippen molar-refractivity contribution in [1.82, 2.24) is 0 Å². The van der Waals surface area contributed by atoms with E-state index in [4.69, 9.17) is 14.2 Å². The maximum Gasteiger partial charge on any atom is 0.333 e. The van der Waals surface area contributed by atoms with Gasteiger partial charge in [0.2, 0.25) is 0 Å². The van der Waals surface area contributed by atoms with Crippen LogP contribution in [0.4, 0.5) is 0 Å². The van der Waals surface area contributed by atoms with Crippen molar-refractivity contribution in [2.24, 2.45) is 5.92 Å². The first-order valence-corrected chi connectivity index (χ1v) is 6.53. The van der Waals surface area contributed by atoms with E-state index in [1.165, 1.54) is 0 Å². The van der Waals surface area contributed by atoms with Gasteiger partial charge in [0.15, 0.2) is 6.10 Å². The predicted molar refractivity (Wildman–Crippen MR) is 75.5 cm³/mol. The summed E-state index contributed by atoms with van der Waals surface area (Å²) in [5.74, 6) is 0.586. The third kappa shape index (κ3) is 4.74. The van der Waals surface area contributed by atoms with Gasteiger partial charge in [0, 0.05) is 12.5 Å². The normalized spacial score (nSPS) is 12.2. The van der Waals surface area contributed by atoms with Gasteiger partial charge in [-0.1, -0.05) is 19.9 Å². The number of ether oxygens (including phenoxy) is 3. The summed E-state index contributed by atoms with van der Waals surface area (Å²) in [7, 11) is 3.11. The molecule has 0 aliphatic rings. The van der Waals surface area contributed by atoms with E-state index in [-0.39, 0.29) is 12.3 Å². The maximum atomic E-state index is 11.2. The van der Waals surface area contributed by atoms with Crippen molar-refractivity contribution in [3.05, 3.63) is 23.8 Å². The minimum atomic E-state index is -0.969. The number of carboxylic acids is 1. The molecule has 1 aromatic carbocycles. The van der Waals surface area contributed by atoms with Gasteiger partial charge in [0.05, 0.1) is 20.8 Å². The van der Waals surface area contributed by atoms with Crippen LogP contribution in [0.25, 0.3) is 0 Å². The minimum Gasteiger partial charge on any atom is -0.497 e. The van der Waals surface area contributed by atoms with E-state index in [0.29, 0.717) is 18.1 Å². The topological polar surface area (TPSA) is 65.0 Å². The molecule has 0 bridgehead atoms. The van der Waals surface area contributed by atoms with Crippen LogP contribution in [-0.4, -0.2) is 38.0 Å². The van der Waals surface area contributed by atoms with Crippen LogP contribution in [0.3, 0.4) is 0 Å². The highest BCUT2D eigenvalue weighted by molar-refractivity contribution is 5.73. The average Bonchev–Trinajstić information content (AvgIpc) is 2.42. The standard InChI is InChI=1S/C15H22O5/c1-10(2)9-20-14(15(16)17)7-11-5-6-12(18-3)8-13(11)19-4/h5-6,8,10,14H,7,9H2,1-4H3,(H,16,17). The second-order valence-corrected chi connectivity index (χ2v) is 4.94. The summed E-state index contributed by atoms with van der Waals surface area (Å²) in [5, 5.41) is 9.22. The largest absolute Gasteiger partial charge is 0.497 e. The Morgan fingerprint density at radius 1 is 1.25 bits per heavy atom. The van der Waals surface area contributed by atoms with Gasteiger partial charge in [-0.05, 0) is 17.5 Å². The molecule has 5 heteroatoms. The van der Waals surface area contributed by atoms with Gasteiger partial charge in [0.1, 0.15) is 11.5 Å². The maximum absolute atomic E-state index is 11.2. The zero-order chi connectivity index (χ0) is 15.1. The van der Waals surface area contributed by atoms with Crippen LogP contribution in [-0.2, 0) is 16.0 Å². The fourth-order valence-corrected chi connectivity index (χ4v) is 1.75. The quantitative estimate of drug-likeness (QED) is 0.793. The molecule has 0 aliphatic carbocycles. The Morgan fingerprint density at radius 2 is 1.95 bits per heavy atom. The molecule has 0 aromatic heterocycles. The Hall–Kier alpha value is -1.75. The Labute approximate surface area is 119 Å². The zero-order valence-electron chi connectivity index (χ0n) is 12.4. The lowest BCUT2D eigenvalue weighted by atomic mass is 10.1. The monoisotopic (exact) mass is 282 g/mol. The van der Waals surface area contributed by atoms with E-state index < -0.39 is 12.1 Å². The number of aliphatic carboxylic acids is 1. The molecule has 1 unspecified atom stereocenters. The molecule has 0 fully saturated rings. The van der Waals surface area contributed by atoms with Crippen molar-refractivity contribution >= 4 is 5.97 Å². The molecule has 0 saturated carbocycles. The van der Waals surface area contributed by atoms with Crippen LogP contribution in [0.1, 0.15) is 19.4 Å². The fourth-order valence-electron chi connectivity index (χ4n) is 1.75. The first-order chi connectivity index (χ1) is 9.47. The van der Waals surface area contributed by atoms with Crippen molar-refractivity contribution in [2.45, 2.75) is 26.4 Å². The molecule has 1 aromatic rings. The number of carbonyl (C=O) groups is 1. The van der Waals surface area contributed by atoms with Crippen molar-refractivity contribution in [2.75, 3.05) is 20.8 Å². The highest BCUT2D eigenvalue weighted by atomic mass is 16.5. The molecule has 5 nitrogen and oxygen atoms in total. The van der Waals surface area contributed by atoms with Gasteiger partial charge in [-0.2, -0.15) is 0 Å². The van der Waals surface area contributed by atoms with Crippen LogP contribution in [0, 0.1) is 5.92 Å². The summed E-state index contributed by atoms with van der Waals surface area (Å²) in [4.78, 5) is 11.2. The van der Waals surface area contributed by atoms with E-state index in [2.05, 4.69) is 0 Å². The van der Waals surface area contributed by atoms with E-state index in [1.807, 2.05) is 13.8 Å². The molecular weight excluding hydrogens is 260 g/mol. The van der Waals surface area contributed by atoms with Gasteiger partial charge in [-0.3, -0.25) is 0 Å². The average molecular weight is 282 g/mol. The summed E-state index contributed by atoms with van der Waals surface area (Å²) in [6.45, 7) is 4.37. The molecule has 0 saturated heterocycles. The van der Waals surface area contributed by atoms with Gasteiger partial charge in [-0.15, -0.1) is 0 Å². The molecule has 0 spiro atoms. The molecular formula is C15H22O5. The van der Waals surface area contributed by atoms with E-state index in [0.717, 1.165) is 5.56 Å². The number of rotatable bonds is 8. The summed E-state index contributed by atoms with van der Waals surface area (Å²) >= 11 is 0. The first kappa shape index (κ1) is 16.3. The fraction of sp³-hybridized carbons (Fsp3) is 0.533. The highest BCUT2D eigenvalue weighted by Gasteiger charge is 2.21. The van der Waals surface area contributed by atoms with Crippen LogP contribution >= 0.6 is 0 Å². The zero-order valence-corrected chi connectivity index (χ0v) is 12.4. The van der Waals surface area contributed by atoms with Crippen LogP contribution < -0.4 is 9.47 Å². The Balaban J connectivity index is 2.84. The van der Waals surface area contributed by atoms with Crippen molar-refractivity contribution < 1.29 is 24.1 Å². The number of hydrogen-bond acceptors (Lipinski definition) is 4. The minimum absolute atomic E-state index is 0.259. The Bertz CT molecular complexity index is 442. The molecule has 0 radical (unpaired) electrons. The summed E-state index contributed by atoms with van der Waals surface area (Å²) in [6, 6.07) is 5.31. The molecule has 20 heavy (non-hydrogen) atoms. The molecule has 112 valence electrons. The molecule has 0 amide bonds.